The van der Waals surface area contributed by atoms with Crippen LogP contribution in [0.3, 0.4) is 0 Å². The Morgan fingerprint density at radius 2 is 1.50 bits per heavy atom. The summed E-state index contributed by atoms with van der Waals surface area (Å²) in [4.78, 5) is 0. The number of rotatable bonds is 1. The Hall–Kier alpha value is -1.50. The van der Waals surface area contributed by atoms with Crippen LogP contribution in [0.5, 0.6) is 5.75 Å². The average molecular weight is 214 g/mol. The molecule has 1 N–H and O–H groups in total. The van der Waals surface area contributed by atoms with Gasteiger partial charge in [0, 0.05) is 5.92 Å². The Morgan fingerprint density at radius 1 is 0.938 bits per heavy atom. The molecule has 0 saturated heterocycles. The summed E-state index contributed by atoms with van der Waals surface area (Å²) in [7, 11) is 0. The van der Waals surface area contributed by atoms with E-state index in [4.69, 9.17) is 0 Å². The van der Waals surface area contributed by atoms with Crippen molar-refractivity contribution >= 4 is 5.57 Å². The second-order valence-corrected chi connectivity index (χ2v) is 4.62. The molecule has 0 radical (unpaired) electrons. The van der Waals surface area contributed by atoms with Crippen LogP contribution in [0.15, 0.2) is 41.0 Å². The monoisotopic (exact) mass is 214 g/mol. The van der Waals surface area contributed by atoms with E-state index in [0.717, 1.165) is 0 Å². The van der Waals surface area contributed by atoms with Crippen LogP contribution < -0.4 is 0 Å². The molecule has 0 aliphatic heterocycles. The molecule has 1 aliphatic rings. The van der Waals surface area contributed by atoms with Gasteiger partial charge in [-0.25, -0.2) is 0 Å². The van der Waals surface area contributed by atoms with Crippen molar-refractivity contribution in [3.8, 4) is 5.75 Å². The summed E-state index contributed by atoms with van der Waals surface area (Å²) in [5, 5.41) is 9.31. The van der Waals surface area contributed by atoms with E-state index in [1.165, 1.54) is 27.9 Å². The molecule has 0 bridgehead atoms. The van der Waals surface area contributed by atoms with Gasteiger partial charge < -0.3 is 5.11 Å². The maximum absolute atomic E-state index is 9.31. The first kappa shape index (κ1) is 11.0. The molecule has 1 atom stereocenters. The summed E-state index contributed by atoms with van der Waals surface area (Å²) in [6.07, 6.45) is 0. The van der Waals surface area contributed by atoms with Crippen molar-refractivity contribution in [2.24, 2.45) is 5.92 Å². The number of aromatic hydroxyl groups is 1. The first-order valence-corrected chi connectivity index (χ1v) is 5.70. The van der Waals surface area contributed by atoms with Crippen LogP contribution in [0.2, 0.25) is 0 Å². The van der Waals surface area contributed by atoms with Crippen molar-refractivity contribution in [3.63, 3.8) is 0 Å². The molecular weight excluding hydrogens is 196 g/mol. The average Bonchev–Trinajstić information content (AvgIpc) is 2.46. The molecule has 2 rings (SSSR count). The van der Waals surface area contributed by atoms with Crippen molar-refractivity contribution in [3.05, 3.63) is 46.5 Å². The number of benzene rings is 1. The third kappa shape index (κ3) is 1.57. The smallest absolute Gasteiger partial charge is 0.115 e. The largest absolute Gasteiger partial charge is 0.508 e. The van der Waals surface area contributed by atoms with Crippen molar-refractivity contribution in [1.29, 1.82) is 0 Å². The Bertz CT molecular complexity index is 475. The van der Waals surface area contributed by atoms with Crippen LogP contribution in [-0.2, 0) is 0 Å². The molecule has 0 saturated carbocycles. The molecule has 0 aromatic heterocycles. The lowest BCUT2D eigenvalue weighted by atomic mass is 9.92. The molecule has 0 amide bonds. The van der Waals surface area contributed by atoms with Crippen LogP contribution in [0, 0.1) is 5.92 Å². The highest BCUT2D eigenvalue weighted by molar-refractivity contribution is 5.79. The molecule has 0 heterocycles. The van der Waals surface area contributed by atoms with E-state index in [1.54, 1.807) is 12.1 Å². The highest BCUT2D eigenvalue weighted by Crippen LogP contribution is 2.42. The number of phenols is 1. The molecule has 1 heteroatoms. The van der Waals surface area contributed by atoms with E-state index >= 15 is 0 Å². The molecule has 1 aliphatic carbocycles. The van der Waals surface area contributed by atoms with Crippen molar-refractivity contribution in [1.82, 2.24) is 0 Å². The number of hydrogen-bond donors (Lipinski definition) is 1. The summed E-state index contributed by atoms with van der Waals surface area (Å²) in [6, 6.07) is 7.50. The fourth-order valence-electron chi connectivity index (χ4n) is 2.47. The summed E-state index contributed by atoms with van der Waals surface area (Å²) in [5.74, 6) is 0.818. The first-order chi connectivity index (χ1) is 7.52. The topological polar surface area (TPSA) is 20.2 Å². The van der Waals surface area contributed by atoms with E-state index in [1.807, 2.05) is 12.1 Å². The maximum Gasteiger partial charge on any atom is 0.115 e. The minimum absolute atomic E-state index is 0.328. The molecule has 1 aromatic carbocycles. The van der Waals surface area contributed by atoms with E-state index in [2.05, 4.69) is 27.7 Å². The minimum atomic E-state index is 0.328. The van der Waals surface area contributed by atoms with Gasteiger partial charge in [-0.1, -0.05) is 24.6 Å². The molecular formula is C15H18O. The molecule has 0 fully saturated rings. The van der Waals surface area contributed by atoms with Gasteiger partial charge in [0.2, 0.25) is 0 Å². The first-order valence-electron chi connectivity index (χ1n) is 5.70. The van der Waals surface area contributed by atoms with Gasteiger partial charge in [0.25, 0.3) is 0 Å². The SMILES string of the molecule is CC1=C(C)C(C)C(c2ccc(O)cc2)=C1C. The van der Waals surface area contributed by atoms with Crippen LogP contribution in [0.1, 0.15) is 33.3 Å². The second kappa shape index (κ2) is 3.82. The van der Waals surface area contributed by atoms with Crippen LogP contribution in [0.4, 0.5) is 0 Å². The highest BCUT2D eigenvalue weighted by Gasteiger charge is 2.24. The third-order valence-corrected chi connectivity index (χ3v) is 3.82. The molecule has 84 valence electrons. The zero-order valence-corrected chi connectivity index (χ0v) is 10.3. The van der Waals surface area contributed by atoms with Crippen LogP contribution >= 0.6 is 0 Å². The Kier molecular flexibility index (Phi) is 2.63. The van der Waals surface area contributed by atoms with E-state index in [9.17, 15) is 5.11 Å². The number of allylic oxidation sites excluding steroid dienone is 4. The summed E-state index contributed by atoms with van der Waals surface area (Å²) in [5.41, 5.74) is 6.88. The zero-order chi connectivity index (χ0) is 11.9. The van der Waals surface area contributed by atoms with Gasteiger partial charge in [0.15, 0.2) is 0 Å². The minimum Gasteiger partial charge on any atom is -0.508 e. The van der Waals surface area contributed by atoms with Crippen molar-refractivity contribution in [2.45, 2.75) is 27.7 Å². The van der Waals surface area contributed by atoms with E-state index < -0.39 is 0 Å². The van der Waals surface area contributed by atoms with Gasteiger partial charge in [-0.05, 0) is 55.2 Å². The Balaban J connectivity index is 2.48. The quantitative estimate of drug-likeness (QED) is 0.744. The van der Waals surface area contributed by atoms with Crippen molar-refractivity contribution in [2.75, 3.05) is 0 Å². The van der Waals surface area contributed by atoms with Gasteiger partial charge >= 0.3 is 0 Å². The van der Waals surface area contributed by atoms with Gasteiger partial charge in [-0.3, -0.25) is 0 Å². The lowest BCUT2D eigenvalue weighted by Crippen LogP contribution is -1.96. The molecule has 0 spiro atoms. The highest BCUT2D eigenvalue weighted by atomic mass is 16.3. The van der Waals surface area contributed by atoms with Gasteiger partial charge in [0.1, 0.15) is 5.75 Å². The predicted octanol–water partition coefficient (Wildman–Crippen LogP) is 4.15. The lowest BCUT2D eigenvalue weighted by Gasteiger charge is -2.13. The second-order valence-electron chi connectivity index (χ2n) is 4.62. The zero-order valence-electron chi connectivity index (χ0n) is 10.3. The third-order valence-electron chi connectivity index (χ3n) is 3.82. The Morgan fingerprint density at radius 3 is 1.94 bits per heavy atom. The fraction of sp³-hybridized carbons (Fsp3) is 0.333. The predicted molar refractivity (Wildman–Crippen MR) is 68.2 cm³/mol. The fourth-order valence-corrected chi connectivity index (χ4v) is 2.47. The molecule has 1 unspecified atom stereocenters. The van der Waals surface area contributed by atoms with Crippen molar-refractivity contribution < 1.29 is 5.11 Å². The number of hydrogen-bond acceptors (Lipinski definition) is 1. The van der Waals surface area contributed by atoms with Crippen LogP contribution in [-0.4, -0.2) is 5.11 Å². The molecule has 1 aromatic rings. The molecule has 16 heavy (non-hydrogen) atoms. The Labute approximate surface area is 97.1 Å². The maximum atomic E-state index is 9.31. The molecule has 1 nitrogen and oxygen atoms in total. The lowest BCUT2D eigenvalue weighted by molar-refractivity contribution is 0.475. The van der Waals surface area contributed by atoms with Gasteiger partial charge in [-0.2, -0.15) is 0 Å². The van der Waals surface area contributed by atoms with Gasteiger partial charge in [0.05, 0.1) is 0 Å². The van der Waals surface area contributed by atoms with Crippen LogP contribution in [0.25, 0.3) is 5.57 Å². The van der Waals surface area contributed by atoms with Gasteiger partial charge in [-0.15, -0.1) is 0 Å². The normalized spacial score (nSPS) is 20.9. The summed E-state index contributed by atoms with van der Waals surface area (Å²) >= 11 is 0. The standard InChI is InChI=1S/C15H18O/c1-9-10(2)12(4)15(11(9)3)13-5-7-14(16)8-6-13/h5-8,11,16H,1-4H3. The van der Waals surface area contributed by atoms with E-state index in [-0.39, 0.29) is 0 Å². The summed E-state index contributed by atoms with van der Waals surface area (Å²) < 4.78 is 0. The van der Waals surface area contributed by atoms with E-state index in [0.29, 0.717) is 11.7 Å². The summed E-state index contributed by atoms with van der Waals surface area (Å²) in [6.45, 7) is 8.83. The number of phenolic OH excluding ortho intramolecular Hbond substituents is 1.